The smallest absolute Gasteiger partial charge is 0.414 e. The van der Waals surface area contributed by atoms with E-state index in [0.29, 0.717) is 30.4 Å². The van der Waals surface area contributed by atoms with Crippen LogP contribution in [0.4, 0.5) is 9.59 Å². The minimum Gasteiger partial charge on any atom is -0.444 e. The van der Waals surface area contributed by atoms with E-state index in [1.165, 1.54) is 22.7 Å². The zero-order valence-electron chi connectivity index (χ0n) is 28.0. The lowest BCUT2D eigenvalue weighted by Crippen LogP contribution is -2.59. The van der Waals surface area contributed by atoms with Crippen LogP contribution >= 0.6 is 11.8 Å². The van der Waals surface area contributed by atoms with Crippen LogP contribution in [0.1, 0.15) is 60.8 Å². The molecule has 2 aliphatic rings. The molecule has 2 saturated heterocycles. The highest BCUT2D eigenvalue weighted by molar-refractivity contribution is 8.00. The summed E-state index contributed by atoms with van der Waals surface area (Å²) in [6.45, 7) is 10.5. The second kappa shape index (κ2) is 15.1. The van der Waals surface area contributed by atoms with Crippen LogP contribution in [0, 0.1) is 0 Å². The molecule has 48 heavy (non-hydrogen) atoms. The maximum absolute atomic E-state index is 13.6. The number of piperidine rings is 1. The molecule has 16 heteroatoms. The average Bonchev–Trinajstić information content (AvgIpc) is 3.41. The molecule has 2 aliphatic heterocycles. The summed E-state index contributed by atoms with van der Waals surface area (Å²) < 4.78 is 39.9. The van der Waals surface area contributed by atoms with E-state index in [9.17, 15) is 27.6 Å². The zero-order valence-corrected chi connectivity index (χ0v) is 29.6. The quantitative estimate of drug-likeness (QED) is 0.182. The van der Waals surface area contributed by atoms with Gasteiger partial charge in [-0.05, 0) is 72.3 Å². The Bertz CT molecular complexity index is 1630. The number of fused-ring (bicyclic) bond motifs is 2. The van der Waals surface area contributed by atoms with E-state index >= 15 is 0 Å². The Morgan fingerprint density at radius 3 is 2.21 bits per heavy atom. The van der Waals surface area contributed by atoms with Gasteiger partial charge in [-0.2, -0.15) is 4.72 Å². The molecule has 0 radical (unpaired) electrons. The largest absolute Gasteiger partial charge is 0.444 e. The van der Waals surface area contributed by atoms with Crippen molar-refractivity contribution in [2.24, 2.45) is 4.99 Å². The summed E-state index contributed by atoms with van der Waals surface area (Å²) in [5, 5.41) is 8.73. The third-order valence-corrected chi connectivity index (χ3v) is 10.0. The van der Waals surface area contributed by atoms with Crippen molar-refractivity contribution in [2.75, 3.05) is 18.8 Å². The van der Waals surface area contributed by atoms with Gasteiger partial charge in [0.1, 0.15) is 23.3 Å². The number of ether oxygens (including phenoxy) is 2. The molecular weight excluding hydrogens is 661 g/mol. The third-order valence-electron chi connectivity index (χ3n) is 7.13. The number of benzene rings is 2. The number of nitrogens with one attached hydrogen (secondary N) is 4. The van der Waals surface area contributed by atoms with Gasteiger partial charge in [0.05, 0.1) is 10.3 Å². The van der Waals surface area contributed by atoms with E-state index in [1.54, 1.807) is 59.7 Å². The highest BCUT2D eigenvalue weighted by atomic mass is 32.2. The number of carbonyl (C=O) groups is 4. The van der Waals surface area contributed by atoms with Crippen LogP contribution in [0.2, 0.25) is 0 Å². The fourth-order valence-corrected chi connectivity index (χ4v) is 8.08. The molecule has 0 bridgehead atoms. The summed E-state index contributed by atoms with van der Waals surface area (Å²) in [6, 6.07) is 10.4. The number of carbonyl (C=O) groups excluding carboxylic acids is 4. The second-order valence-corrected chi connectivity index (χ2v) is 16.3. The number of hydrogen-bond acceptors (Lipinski definition) is 10. The molecule has 2 heterocycles. The summed E-state index contributed by atoms with van der Waals surface area (Å²) >= 11 is 1.49. The summed E-state index contributed by atoms with van der Waals surface area (Å²) in [4.78, 5) is 57.2. The lowest BCUT2D eigenvalue weighted by atomic mass is 10.0. The van der Waals surface area contributed by atoms with Gasteiger partial charge in [0.15, 0.2) is 0 Å². The molecule has 2 aromatic rings. The van der Waals surface area contributed by atoms with Gasteiger partial charge in [0, 0.05) is 24.2 Å². The molecule has 0 aromatic heterocycles. The lowest BCUT2D eigenvalue weighted by molar-refractivity contribution is -0.143. The zero-order chi connectivity index (χ0) is 35.3. The number of aliphatic imine (C=N–C) groups is 1. The highest BCUT2D eigenvalue weighted by Crippen LogP contribution is 2.37. The van der Waals surface area contributed by atoms with Crippen LogP contribution < -0.4 is 20.7 Å². The number of amides is 4. The van der Waals surface area contributed by atoms with Gasteiger partial charge in [-0.1, -0.05) is 36.4 Å². The predicted molar refractivity (Wildman–Crippen MR) is 183 cm³/mol. The van der Waals surface area contributed by atoms with Gasteiger partial charge < -0.3 is 19.7 Å². The molecule has 2 fully saturated rings. The van der Waals surface area contributed by atoms with Crippen molar-refractivity contribution in [1.82, 2.24) is 25.6 Å². The molecule has 0 spiro atoms. The molecule has 262 valence electrons. The maximum Gasteiger partial charge on any atom is 0.414 e. The SMILES string of the molecule is CC(C)(C)OC(=O)NC(=NCCCNC(=O)[C@@H]1CS[C@H]2CC[C@@H](NS(=O)(=O)c3cccc4ccccc34)C(=O)N21)NC(=O)OC(C)(C)C. The summed E-state index contributed by atoms with van der Waals surface area (Å²) in [5.41, 5.74) is -1.56. The van der Waals surface area contributed by atoms with Gasteiger partial charge in [-0.25, -0.2) is 18.0 Å². The van der Waals surface area contributed by atoms with Gasteiger partial charge in [0.25, 0.3) is 0 Å². The fourth-order valence-electron chi connectivity index (χ4n) is 5.20. The molecule has 4 amide bonds. The molecule has 4 N–H and O–H groups in total. The van der Waals surface area contributed by atoms with Crippen molar-refractivity contribution in [3.63, 3.8) is 0 Å². The van der Waals surface area contributed by atoms with Crippen molar-refractivity contribution in [1.29, 1.82) is 0 Å². The highest BCUT2D eigenvalue weighted by Gasteiger charge is 2.47. The number of guanidine groups is 1. The predicted octanol–water partition coefficient (Wildman–Crippen LogP) is 3.46. The van der Waals surface area contributed by atoms with Crippen LogP contribution in [-0.2, 0) is 29.1 Å². The number of rotatable bonds is 8. The molecule has 0 unspecified atom stereocenters. The Morgan fingerprint density at radius 1 is 0.938 bits per heavy atom. The van der Waals surface area contributed by atoms with Crippen molar-refractivity contribution in [3.8, 4) is 0 Å². The first kappa shape index (κ1) is 36.9. The van der Waals surface area contributed by atoms with Gasteiger partial charge in [-0.3, -0.25) is 25.2 Å². The first-order valence-electron chi connectivity index (χ1n) is 15.7. The first-order valence-corrected chi connectivity index (χ1v) is 18.2. The van der Waals surface area contributed by atoms with Gasteiger partial charge in [-0.15, -0.1) is 11.8 Å². The minimum atomic E-state index is -4.03. The lowest BCUT2D eigenvalue weighted by Gasteiger charge is -2.36. The van der Waals surface area contributed by atoms with E-state index in [4.69, 9.17) is 9.47 Å². The molecular formula is C32H44N6O8S2. The fraction of sp³-hybridized carbons (Fsp3) is 0.531. The van der Waals surface area contributed by atoms with Crippen LogP contribution in [-0.4, -0.2) is 90.8 Å². The second-order valence-electron chi connectivity index (χ2n) is 13.4. The number of hydrogen-bond donors (Lipinski definition) is 4. The summed E-state index contributed by atoms with van der Waals surface area (Å²) in [6.07, 6.45) is -0.437. The summed E-state index contributed by atoms with van der Waals surface area (Å²) in [5.74, 6) is -0.585. The van der Waals surface area contributed by atoms with E-state index in [0.717, 1.165) is 5.39 Å². The Morgan fingerprint density at radius 2 is 1.56 bits per heavy atom. The molecule has 0 saturated carbocycles. The maximum atomic E-state index is 13.6. The Labute approximate surface area is 285 Å². The van der Waals surface area contributed by atoms with E-state index < -0.39 is 51.4 Å². The summed E-state index contributed by atoms with van der Waals surface area (Å²) in [7, 11) is -4.03. The van der Waals surface area contributed by atoms with Crippen LogP contribution in [0.5, 0.6) is 0 Å². The topological polar surface area (TPSA) is 185 Å². The molecule has 0 aliphatic carbocycles. The number of sulfonamides is 1. The monoisotopic (exact) mass is 704 g/mol. The molecule has 4 rings (SSSR count). The Kier molecular flexibility index (Phi) is 11.6. The van der Waals surface area contributed by atoms with Crippen LogP contribution in [0.15, 0.2) is 52.4 Å². The van der Waals surface area contributed by atoms with E-state index in [1.807, 2.05) is 18.2 Å². The van der Waals surface area contributed by atoms with Crippen molar-refractivity contribution in [2.45, 2.75) is 94.4 Å². The number of alkyl carbamates (subject to hydrolysis) is 2. The van der Waals surface area contributed by atoms with Crippen LogP contribution in [0.3, 0.4) is 0 Å². The van der Waals surface area contributed by atoms with E-state index in [2.05, 4.69) is 25.7 Å². The minimum absolute atomic E-state index is 0.0917. The molecule has 3 atom stereocenters. The average molecular weight is 705 g/mol. The number of thioether (sulfide) groups is 1. The Hall–Kier alpha value is -3.89. The van der Waals surface area contributed by atoms with Crippen LogP contribution in [0.25, 0.3) is 10.8 Å². The first-order chi connectivity index (χ1) is 22.4. The normalized spacial score (nSPS) is 19.7. The third kappa shape index (κ3) is 10.1. The molecule has 14 nitrogen and oxygen atoms in total. The Balaban J connectivity index is 1.34. The van der Waals surface area contributed by atoms with E-state index in [-0.39, 0.29) is 35.2 Å². The standard InChI is InChI=1S/C32H44N6O8S2/c1-31(2,3)45-29(41)35-28(36-30(42)46-32(4,5)6)34-18-10-17-33-26(39)23-19-47-25-16-15-22(27(40)38(23)25)37-48(43,44)24-14-9-12-20-11-7-8-13-21(20)24/h7-9,11-14,22-23,25,37H,10,15-19H2,1-6H3,(H,33,39)(H2,34,35,36,41,42)/t22-,23+,25+/m1/s1. The van der Waals surface area contributed by atoms with Gasteiger partial charge >= 0.3 is 12.2 Å². The van der Waals surface area contributed by atoms with Crippen molar-refractivity contribution < 1.29 is 37.1 Å². The van der Waals surface area contributed by atoms with Gasteiger partial charge in [0.2, 0.25) is 27.8 Å². The van der Waals surface area contributed by atoms with Crippen molar-refractivity contribution in [3.05, 3.63) is 42.5 Å². The molecule has 2 aromatic carbocycles. The number of nitrogens with zero attached hydrogens (tertiary/aromatic N) is 2. The van der Waals surface area contributed by atoms with Crippen molar-refractivity contribution >= 4 is 62.5 Å².